The summed E-state index contributed by atoms with van der Waals surface area (Å²) in [7, 11) is 0. The molecule has 0 aliphatic carbocycles. The number of aromatic nitrogens is 4. The van der Waals surface area contributed by atoms with E-state index in [0.717, 1.165) is 4.68 Å². The Morgan fingerprint density at radius 1 is 1.33 bits per heavy atom. The zero-order chi connectivity index (χ0) is 12.7. The summed E-state index contributed by atoms with van der Waals surface area (Å²) < 4.78 is 5.98. The molecule has 3 aromatic rings. The smallest absolute Gasteiger partial charge is 0.283 e. The van der Waals surface area contributed by atoms with E-state index in [1.807, 2.05) is 0 Å². The molecule has 0 radical (unpaired) electrons. The van der Waals surface area contributed by atoms with Gasteiger partial charge in [-0.3, -0.25) is 4.79 Å². The van der Waals surface area contributed by atoms with Crippen molar-refractivity contribution in [3.05, 3.63) is 45.4 Å². The first-order valence-corrected chi connectivity index (χ1v) is 5.52. The van der Waals surface area contributed by atoms with Crippen LogP contribution in [0, 0.1) is 6.92 Å². The van der Waals surface area contributed by atoms with Gasteiger partial charge in [0.1, 0.15) is 11.3 Å². The van der Waals surface area contributed by atoms with Crippen LogP contribution in [0.25, 0.3) is 16.7 Å². The van der Waals surface area contributed by atoms with Crippen LogP contribution in [0.15, 0.2) is 33.6 Å². The molecule has 90 valence electrons. The van der Waals surface area contributed by atoms with Crippen LogP contribution >= 0.6 is 11.6 Å². The van der Waals surface area contributed by atoms with Crippen molar-refractivity contribution in [2.24, 2.45) is 0 Å². The van der Waals surface area contributed by atoms with Gasteiger partial charge in [-0.05, 0) is 25.1 Å². The Kier molecular flexibility index (Phi) is 2.38. The van der Waals surface area contributed by atoms with Crippen LogP contribution in [-0.2, 0) is 0 Å². The highest BCUT2D eigenvalue weighted by atomic mass is 35.5. The largest absolute Gasteiger partial charge is 0.359 e. The highest BCUT2D eigenvalue weighted by Gasteiger charge is 2.10. The SMILES string of the molecule is Cc1cc(-n2nnc3ccc(Cl)cc3c2=O)no1. The lowest BCUT2D eigenvalue weighted by Gasteiger charge is -2.00. The number of halogens is 1. The number of benzene rings is 1. The van der Waals surface area contributed by atoms with E-state index in [4.69, 9.17) is 16.1 Å². The number of aryl methyl sites for hydroxylation is 1. The van der Waals surface area contributed by atoms with E-state index in [1.54, 1.807) is 31.2 Å². The van der Waals surface area contributed by atoms with E-state index in [0.29, 0.717) is 27.5 Å². The molecule has 7 heteroatoms. The molecule has 2 heterocycles. The second-order valence-corrected chi connectivity index (χ2v) is 4.20. The molecule has 1 aromatic carbocycles. The summed E-state index contributed by atoms with van der Waals surface area (Å²) in [5.74, 6) is 0.886. The highest BCUT2D eigenvalue weighted by Crippen LogP contribution is 2.14. The Balaban J connectivity index is 2.32. The van der Waals surface area contributed by atoms with Gasteiger partial charge in [0.15, 0.2) is 0 Å². The molecule has 0 amide bonds. The number of hydrogen-bond donors (Lipinski definition) is 0. The van der Waals surface area contributed by atoms with Crippen LogP contribution in [0.1, 0.15) is 5.76 Å². The number of rotatable bonds is 1. The third-order valence-electron chi connectivity index (χ3n) is 2.46. The third kappa shape index (κ3) is 1.67. The van der Waals surface area contributed by atoms with Crippen LogP contribution in [0.3, 0.4) is 0 Å². The van der Waals surface area contributed by atoms with E-state index < -0.39 is 0 Å². The molecular weight excluding hydrogens is 256 g/mol. The first kappa shape index (κ1) is 10.9. The fourth-order valence-electron chi connectivity index (χ4n) is 1.62. The van der Waals surface area contributed by atoms with Crippen molar-refractivity contribution in [2.75, 3.05) is 0 Å². The monoisotopic (exact) mass is 262 g/mol. The zero-order valence-electron chi connectivity index (χ0n) is 9.29. The lowest BCUT2D eigenvalue weighted by Crippen LogP contribution is -2.22. The standard InChI is InChI=1S/C11H7ClN4O2/c1-6-4-10(14-18-6)16-11(17)8-5-7(12)2-3-9(8)13-15-16/h2-5H,1H3. The molecule has 3 rings (SSSR count). The normalized spacial score (nSPS) is 11.0. The van der Waals surface area contributed by atoms with Crippen molar-refractivity contribution in [3.63, 3.8) is 0 Å². The van der Waals surface area contributed by atoms with Crippen molar-refractivity contribution in [1.29, 1.82) is 0 Å². The van der Waals surface area contributed by atoms with Gasteiger partial charge in [-0.2, -0.15) is 4.68 Å². The lowest BCUT2D eigenvalue weighted by atomic mass is 10.2. The zero-order valence-corrected chi connectivity index (χ0v) is 10.0. The van der Waals surface area contributed by atoms with Crippen LogP contribution in [0.5, 0.6) is 0 Å². The molecule has 0 N–H and O–H groups in total. The van der Waals surface area contributed by atoms with Gasteiger partial charge >= 0.3 is 0 Å². The Labute approximate surface area is 106 Å². The van der Waals surface area contributed by atoms with Crippen LogP contribution in [-0.4, -0.2) is 20.2 Å². The number of nitrogens with zero attached hydrogens (tertiary/aromatic N) is 4. The average molecular weight is 263 g/mol. The Hall–Kier alpha value is -2.21. The highest BCUT2D eigenvalue weighted by molar-refractivity contribution is 6.31. The van der Waals surface area contributed by atoms with Crippen LogP contribution < -0.4 is 5.56 Å². The van der Waals surface area contributed by atoms with Crippen molar-refractivity contribution in [1.82, 2.24) is 20.2 Å². The number of hydrogen-bond acceptors (Lipinski definition) is 5. The minimum Gasteiger partial charge on any atom is -0.359 e. The number of fused-ring (bicyclic) bond motifs is 1. The molecule has 0 spiro atoms. The summed E-state index contributed by atoms with van der Waals surface area (Å²) in [6, 6.07) is 6.46. The average Bonchev–Trinajstić information content (AvgIpc) is 2.77. The van der Waals surface area contributed by atoms with E-state index in [9.17, 15) is 4.79 Å². The molecule has 0 unspecified atom stereocenters. The van der Waals surface area contributed by atoms with Gasteiger partial charge in [0.2, 0.25) is 5.82 Å². The van der Waals surface area contributed by atoms with Gasteiger partial charge in [-0.15, -0.1) is 5.10 Å². The van der Waals surface area contributed by atoms with Crippen molar-refractivity contribution < 1.29 is 4.52 Å². The fourth-order valence-corrected chi connectivity index (χ4v) is 1.79. The summed E-state index contributed by atoms with van der Waals surface area (Å²) in [6.45, 7) is 1.73. The van der Waals surface area contributed by atoms with Gasteiger partial charge in [0.25, 0.3) is 5.56 Å². The van der Waals surface area contributed by atoms with Gasteiger partial charge < -0.3 is 4.52 Å². The molecule has 0 saturated heterocycles. The van der Waals surface area contributed by atoms with E-state index in [2.05, 4.69) is 15.5 Å². The molecule has 18 heavy (non-hydrogen) atoms. The van der Waals surface area contributed by atoms with Crippen LogP contribution in [0.4, 0.5) is 0 Å². The summed E-state index contributed by atoms with van der Waals surface area (Å²) in [6.07, 6.45) is 0. The second-order valence-electron chi connectivity index (χ2n) is 3.76. The summed E-state index contributed by atoms with van der Waals surface area (Å²) in [4.78, 5) is 12.2. The Morgan fingerprint density at radius 2 is 2.17 bits per heavy atom. The quantitative estimate of drug-likeness (QED) is 0.668. The van der Waals surface area contributed by atoms with E-state index in [1.165, 1.54) is 0 Å². The Morgan fingerprint density at radius 3 is 2.89 bits per heavy atom. The molecule has 6 nitrogen and oxygen atoms in total. The van der Waals surface area contributed by atoms with E-state index >= 15 is 0 Å². The maximum atomic E-state index is 12.2. The minimum atomic E-state index is -0.337. The molecule has 2 aromatic heterocycles. The summed E-state index contributed by atoms with van der Waals surface area (Å²) in [5.41, 5.74) is 0.150. The Bertz CT molecular complexity index is 793. The van der Waals surface area contributed by atoms with E-state index in [-0.39, 0.29) is 5.56 Å². The van der Waals surface area contributed by atoms with Crippen LogP contribution in [0.2, 0.25) is 5.02 Å². The third-order valence-corrected chi connectivity index (χ3v) is 2.69. The van der Waals surface area contributed by atoms with Gasteiger partial charge in [-0.25, -0.2) is 0 Å². The molecule has 0 atom stereocenters. The maximum absolute atomic E-state index is 12.2. The fraction of sp³-hybridized carbons (Fsp3) is 0.0909. The molecular formula is C11H7ClN4O2. The molecule has 0 aliphatic heterocycles. The van der Waals surface area contributed by atoms with Crippen molar-refractivity contribution in [3.8, 4) is 5.82 Å². The minimum absolute atomic E-state index is 0.298. The predicted molar refractivity (Wildman–Crippen MR) is 64.9 cm³/mol. The summed E-state index contributed by atoms with van der Waals surface area (Å²) >= 11 is 5.86. The molecule has 0 fully saturated rings. The lowest BCUT2D eigenvalue weighted by molar-refractivity contribution is 0.392. The van der Waals surface area contributed by atoms with Crippen molar-refractivity contribution >= 4 is 22.5 Å². The summed E-state index contributed by atoms with van der Waals surface area (Å²) in [5, 5.41) is 12.3. The van der Waals surface area contributed by atoms with Crippen molar-refractivity contribution in [2.45, 2.75) is 6.92 Å². The predicted octanol–water partition coefficient (Wildman–Crippen LogP) is 1.73. The van der Waals surface area contributed by atoms with Gasteiger partial charge in [0.05, 0.1) is 5.39 Å². The molecule has 0 bridgehead atoms. The first-order chi connectivity index (χ1) is 8.65. The van der Waals surface area contributed by atoms with Gasteiger partial charge in [0, 0.05) is 11.1 Å². The molecule has 0 aliphatic rings. The first-order valence-electron chi connectivity index (χ1n) is 5.14. The topological polar surface area (TPSA) is 73.8 Å². The van der Waals surface area contributed by atoms with Gasteiger partial charge in [-0.1, -0.05) is 22.0 Å². The second kappa shape index (κ2) is 3.92. The molecule has 0 saturated carbocycles. The maximum Gasteiger partial charge on any atom is 0.283 e.